The molecule has 0 aliphatic carbocycles. The van der Waals surface area contributed by atoms with Gasteiger partial charge in [0.1, 0.15) is 0 Å². The molecule has 0 saturated heterocycles. The predicted molar refractivity (Wildman–Crippen MR) is 70.0 cm³/mol. The van der Waals surface area contributed by atoms with Crippen molar-refractivity contribution in [2.24, 2.45) is 5.73 Å². The minimum atomic E-state index is -3.95. The van der Waals surface area contributed by atoms with E-state index in [1.165, 1.54) is 0 Å². The molecule has 0 aromatic heterocycles. The summed E-state index contributed by atoms with van der Waals surface area (Å²) in [5.74, 6) is -2.74. The first-order valence-electron chi connectivity index (χ1n) is 5.34. The molecule has 1 aromatic rings. The molecule has 10 heteroatoms. The lowest BCUT2D eigenvalue weighted by Crippen LogP contribution is -2.34. The second kappa shape index (κ2) is 6.32. The van der Waals surface area contributed by atoms with Gasteiger partial charge in [-0.05, 0) is 18.2 Å². The second-order valence-electron chi connectivity index (χ2n) is 3.70. The zero-order valence-electron chi connectivity index (χ0n) is 10.2. The predicted octanol–water partition coefficient (Wildman–Crippen LogP) is -0.712. The van der Waals surface area contributed by atoms with E-state index in [4.69, 9.17) is 15.9 Å². The minimum absolute atomic E-state index is 0.0141. The molecule has 20 heavy (non-hydrogen) atoms. The number of carboxylic acid groups (broad SMARTS) is 2. The van der Waals surface area contributed by atoms with E-state index in [2.05, 4.69) is 4.72 Å². The molecule has 0 spiro atoms. The number of hydrogen-bond donors (Lipinski definition) is 5. The summed E-state index contributed by atoms with van der Waals surface area (Å²) in [5.41, 5.74) is 4.28. The molecule has 0 heterocycles. The van der Waals surface area contributed by atoms with Crippen LogP contribution in [0.15, 0.2) is 18.2 Å². The lowest BCUT2D eigenvalue weighted by atomic mass is 10.1. The number of carboxylic acids is 2. The Balaban J connectivity index is 3.11. The maximum atomic E-state index is 11.5. The van der Waals surface area contributed by atoms with Crippen molar-refractivity contribution in [3.05, 3.63) is 29.3 Å². The van der Waals surface area contributed by atoms with Gasteiger partial charge in [0.2, 0.25) is 0 Å². The van der Waals surface area contributed by atoms with Gasteiger partial charge in [-0.2, -0.15) is 13.1 Å². The van der Waals surface area contributed by atoms with Crippen LogP contribution >= 0.6 is 0 Å². The number of aromatic carboxylic acids is 2. The molecule has 6 N–H and O–H groups in total. The molecule has 1 rings (SSSR count). The fourth-order valence-corrected chi connectivity index (χ4v) is 2.20. The van der Waals surface area contributed by atoms with Gasteiger partial charge < -0.3 is 15.9 Å². The largest absolute Gasteiger partial charge is 0.478 e. The van der Waals surface area contributed by atoms with Crippen molar-refractivity contribution in [2.45, 2.75) is 0 Å². The van der Waals surface area contributed by atoms with Crippen molar-refractivity contribution in [1.82, 2.24) is 4.72 Å². The smallest absolute Gasteiger partial charge is 0.335 e. The van der Waals surface area contributed by atoms with Gasteiger partial charge in [0, 0.05) is 13.1 Å². The van der Waals surface area contributed by atoms with Gasteiger partial charge in [-0.3, -0.25) is 4.72 Å². The number of carbonyl (C=O) groups is 2. The maximum Gasteiger partial charge on any atom is 0.335 e. The molecule has 0 bridgehead atoms. The molecule has 0 saturated carbocycles. The summed E-state index contributed by atoms with van der Waals surface area (Å²) in [6.45, 7) is 0.0657. The van der Waals surface area contributed by atoms with Crippen molar-refractivity contribution < 1.29 is 28.2 Å². The number of nitrogens with one attached hydrogen (secondary N) is 2. The molecule has 0 amide bonds. The zero-order chi connectivity index (χ0) is 15.3. The maximum absolute atomic E-state index is 11.5. The molecule has 110 valence electrons. The molecule has 0 aliphatic heterocycles. The molecular weight excluding hydrogens is 290 g/mol. The van der Waals surface area contributed by atoms with Crippen LogP contribution in [-0.4, -0.2) is 43.7 Å². The average Bonchev–Trinajstić information content (AvgIpc) is 2.35. The van der Waals surface area contributed by atoms with Gasteiger partial charge in [0.05, 0.1) is 16.8 Å². The fourth-order valence-electron chi connectivity index (χ4n) is 1.32. The van der Waals surface area contributed by atoms with E-state index in [9.17, 15) is 18.0 Å². The second-order valence-corrected chi connectivity index (χ2v) is 5.20. The normalized spacial score (nSPS) is 11.1. The lowest BCUT2D eigenvalue weighted by molar-refractivity contribution is 0.0696. The van der Waals surface area contributed by atoms with E-state index in [0.717, 1.165) is 18.2 Å². The van der Waals surface area contributed by atoms with E-state index >= 15 is 0 Å². The van der Waals surface area contributed by atoms with E-state index in [0.29, 0.717) is 0 Å². The molecule has 0 atom stereocenters. The van der Waals surface area contributed by atoms with Gasteiger partial charge in [0.25, 0.3) is 10.2 Å². The van der Waals surface area contributed by atoms with Crippen molar-refractivity contribution in [2.75, 3.05) is 17.8 Å². The van der Waals surface area contributed by atoms with Crippen molar-refractivity contribution in [3.8, 4) is 0 Å². The van der Waals surface area contributed by atoms with Crippen LogP contribution in [0, 0.1) is 0 Å². The molecule has 0 radical (unpaired) electrons. The summed E-state index contributed by atoms with van der Waals surface area (Å²) in [6.07, 6.45) is 0. The van der Waals surface area contributed by atoms with Crippen molar-refractivity contribution >= 4 is 27.8 Å². The Morgan fingerprint density at radius 2 is 1.60 bits per heavy atom. The van der Waals surface area contributed by atoms with Crippen LogP contribution in [0.1, 0.15) is 20.7 Å². The van der Waals surface area contributed by atoms with Gasteiger partial charge in [0.15, 0.2) is 0 Å². The number of benzene rings is 1. The molecule has 0 fully saturated rings. The summed E-state index contributed by atoms with van der Waals surface area (Å²) in [5, 5.41) is 17.7. The molecule has 1 aromatic carbocycles. The molecular formula is C10H13N3O6S. The SMILES string of the molecule is NCCNS(=O)(=O)Nc1cc(C(=O)O)cc(C(=O)O)c1. The Bertz CT molecular complexity index is 596. The Morgan fingerprint density at radius 1 is 1.10 bits per heavy atom. The Hall–Kier alpha value is -2.17. The van der Waals surface area contributed by atoms with Crippen LogP contribution in [0.2, 0.25) is 0 Å². The fraction of sp³-hybridized carbons (Fsp3) is 0.200. The van der Waals surface area contributed by atoms with Crippen molar-refractivity contribution in [1.29, 1.82) is 0 Å². The van der Waals surface area contributed by atoms with Gasteiger partial charge in [-0.15, -0.1) is 0 Å². The standard InChI is InChI=1S/C10H13N3O6S/c11-1-2-12-20(18,19)13-8-4-6(9(14)15)3-7(5-8)10(16)17/h3-5,12-13H,1-2,11H2,(H,14,15)(H,16,17). The minimum Gasteiger partial charge on any atom is -0.478 e. The quantitative estimate of drug-likeness (QED) is 0.444. The van der Waals surface area contributed by atoms with Crippen LogP contribution in [-0.2, 0) is 10.2 Å². The third-order valence-corrected chi connectivity index (χ3v) is 3.20. The topological polar surface area (TPSA) is 159 Å². The van der Waals surface area contributed by atoms with E-state index in [1.807, 2.05) is 4.72 Å². The van der Waals surface area contributed by atoms with Gasteiger partial charge in [-0.25, -0.2) is 9.59 Å². The summed E-state index contributed by atoms with van der Waals surface area (Å²) >= 11 is 0. The highest BCUT2D eigenvalue weighted by Gasteiger charge is 2.15. The Morgan fingerprint density at radius 3 is 2.00 bits per heavy atom. The number of nitrogens with two attached hydrogens (primary N) is 1. The van der Waals surface area contributed by atoms with Gasteiger partial charge >= 0.3 is 11.9 Å². The monoisotopic (exact) mass is 303 g/mol. The first kappa shape index (κ1) is 15.9. The van der Waals surface area contributed by atoms with E-state index in [1.54, 1.807) is 0 Å². The van der Waals surface area contributed by atoms with Crippen LogP contribution in [0.4, 0.5) is 5.69 Å². The summed E-state index contributed by atoms with van der Waals surface area (Å²) in [6, 6.07) is 2.95. The first-order valence-corrected chi connectivity index (χ1v) is 6.82. The molecule has 0 aliphatic rings. The highest BCUT2D eigenvalue weighted by Crippen LogP contribution is 2.16. The van der Waals surface area contributed by atoms with Crippen LogP contribution in [0.3, 0.4) is 0 Å². The summed E-state index contributed by atoms with van der Waals surface area (Å²) in [4.78, 5) is 21.7. The number of rotatable bonds is 7. The number of hydrogen-bond acceptors (Lipinski definition) is 5. The highest BCUT2D eigenvalue weighted by molar-refractivity contribution is 7.90. The number of anilines is 1. The van der Waals surface area contributed by atoms with Crippen LogP contribution in [0.5, 0.6) is 0 Å². The lowest BCUT2D eigenvalue weighted by Gasteiger charge is -2.10. The first-order chi connectivity index (χ1) is 9.25. The van der Waals surface area contributed by atoms with Crippen LogP contribution < -0.4 is 15.2 Å². The highest BCUT2D eigenvalue weighted by atomic mass is 32.2. The van der Waals surface area contributed by atoms with Crippen LogP contribution in [0.25, 0.3) is 0 Å². The third kappa shape index (κ3) is 4.50. The average molecular weight is 303 g/mol. The summed E-state index contributed by atoms with van der Waals surface area (Å²) in [7, 11) is -3.95. The van der Waals surface area contributed by atoms with Gasteiger partial charge in [-0.1, -0.05) is 0 Å². The molecule has 9 nitrogen and oxygen atoms in total. The summed E-state index contributed by atoms with van der Waals surface area (Å²) < 4.78 is 27.2. The Labute approximate surface area is 114 Å². The van der Waals surface area contributed by atoms with E-state index in [-0.39, 0.29) is 29.9 Å². The Kier molecular flexibility index (Phi) is 5.02. The van der Waals surface area contributed by atoms with Crippen molar-refractivity contribution in [3.63, 3.8) is 0 Å². The zero-order valence-corrected chi connectivity index (χ0v) is 11.0. The van der Waals surface area contributed by atoms with E-state index < -0.39 is 22.1 Å². The molecule has 0 unspecified atom stereocenters. The third-order valence-electron chi connectivity index (χ3n) is 2.12.